The molecular weight excluding hydrogens is 464 g/mol. The lowest BCUT2D eigenvalue weighted by Gasteiger charge is -2.09. The van der Waals surface area contributed by atoms with Gasteiger partial charge in [-0.15, -0.1) is 0 Å². The summed E-state index contributed by atoms with van der Waals surface area (Å²) in [5.74, 6) is 1.77. The summed E-state index contributed by atoms with van der Waals surface area (Å²) in [6, 6.07) is 20.6. The number of ether oxygens (including phenoxy) is 2. The number of halogens is 1. The molecule has 166 valence electrons. The van der Waals surface area contributed by atoms with Crippen LogP contribution in [-0.2, 0) is 6.42 Å². The molecule has 0 atom stereocenters. The van der Waals surface area contributed by atoms with Crippen LogP contribution in [0, 0.1) is 0 Å². The molecule has 4 rings (SSSR count). The maximum absolute atomic E-state index is 5.92. The minimum absolute atomic E-state index is 0.750. The van der Waals surface area contributed by atoms with E-state index in [1.807, 2.05) is 36.4 Å². The topological polar surface area (TPSA) is 35.8 Å². The number of imidazole rings is 1. The predicted molar refractivity (Wildman–Crippen MR) is 134 cm³/mol. The fourth-order valence-electron chi connectivity index (χ4n) is 3.87. The van der Waals surface area contributed by atoms with E-state index in [1.54, 1.807) is 7.11 Å². The summed E-state index contributed by atoms with van der Waals surface area (Å²) in [7, 11) is 1.70. The van der Waals surface area contributed by atoms with Crippen LogP contribution < -0.4 is 9.47 Å². The van der Waals surface area contributed by atoms with E-state index in [-0.39, 0.29) is 0 Å². The zero-order chi connectivity index (χ0) is 22.3. The van der Waals surface area contributed by atoms with Gasteiger partial charge in [-0.05, 0) is 76.4 Å². The van der Waals surface area contributed by atoms with Crippen LogP contribution in [0.4, 0.5) is 0 Å². The highest BCUT2D eigenvalue weighted by molar-refractivity contribution is 9.10. The van der Waals surface area contributed by atoms with E-state index < -0.39 is 0 Å². The van der Waals surface area contributed by atoms with Crippen LogP contribution in [0.2, 0.25) is 0 Å². The maximum atomic E-state index is 5.92. The van der Waals surface area contributed by atoms with Crippen molar-refractivity contribution in [3.8, 4) is 22.8 Å². The number of fused-ring (bicyclic) bond motifs is 1. The zero-order valence-corrected chi connectivity index (χ0v) is 20.3. The third-order valence-electron chi connectivity index (χ3n) is 5.58. The molecule has 0 radical (unpaired) electrons. The molecule has 4 nitrogen and oxygen atoms in total. The number of benzene rings is 2. The number of aromatic nitrogens is 2. The molecule has 0 unspecified atom stereocenters. The summed E-state index contributed by atoms with van der Waals surface area (Å²) in [5.41, 5.74) is 5.32. The van der Waals surface area contributed by atoms with E-state index >= 15 is 0 Å². The lowest BCUT2D eigenvalue weighted by molar-refractivity contribution is 0.305. The Morgan fingerprint density at radius 1 is 0.938 bits per heavy atom. The molecule has 0 fully saturated rings. The maximum Gasteiger partial charge on any atom is 0.137 e. The third-order valence-corrected chi connectivity index (χ3v) is 6.05. The van der Waals surface area contributed by atoms with Crippen molar-refractivity contribution in [2.75, 3.05) is 13.7 Å². The lowest BCUT2D eigenvalue weighted by atomic mass is 10.0. The van der Waals surface area contributed by atoms with Gasteiger partial charge in [0.1, 0.15) is 17.1 Å². The quantitative estimate of drug-likeness (QED) is 0.217. The SMILES string of the molecule is CCCCCCOc1ccc(-c2nc3ccc(Br)cn3c2Cc2cccc(OC)c2)cc1. The Labute approximate surface area is 198 Å². The number of methoxy groups -OCH3 is 1. The highest BCUT2D eigenvalue weighted by Gasteiger charge is 2.15. The van der Waals surface area contributed by atoms with E-state index in [9.17, 15) is 0 Å². The van der Waals surface area contributed by atoms with E-state index in [0.717, 1.165) is 58.0 Å². The van der Waals surface area contributed by atoms with E-state index in [1.165, 1.54) is 24.8 Å². The van der Waals surface area contributed by atoms with Gasteiger partial charge in [-0.25, -0.2) is 4.98 Å². The standard InChI is InChI=1S/C27H29BrN2O2/c1-3-4-5-6-16-32-23-13-10-21(11-14-23)27-25(18-20-8-7-9-24(17-20)31-2)30-19-22(28)12-15-26(30)29-27/h7-15,17,19H,3-6,16,18H2,1-2H3. The fourth-order valence-corrected chi connectivity index (χ4v) is 4.21. The van der Waals surface area contributed by atoms with E-state index in [4.69, 9.17) is 14.5 Å². The minimum atomic E-state index is 0.750. The Kier molecular flexibility index (Phi) is 7.48. The van der Waals surface area contributed by atoms with Crippen LogP contribution in [0.1, 0.15) is 43.9 Å². The fraction of sp³-hybridized carbons (Fsp3) is 0.296. The first kappa shape index (κ1) is 22.4. The Hall–Kier alpha value is -2.79. The van der Waals surface area contributed by atoms with Crippen molar-refractivity contribution in [3.05, 3.63) is 82.6 Å². The average Bonchev–Trinajstić information content (AvgIpc) is 3.17. The molecule has 5 heteroatoms. The van der Waals surface area contributed by atoms with Crippen molar-refractivity contribution in [3.63, 3.8) is 0 Å². The van der Waals surface area contributed by atoms with Crippen molar-refractivity contribution in [2.24, 2.45) is 0 Å². The molecule has 0 amide bonds. The van der Waals surface area contributed by atoms with Crippen molar-refractivity contribution in [1.82, 2.24) is 9.38 Å². The smallest absolute Gasteiger partial charge is 0.137 e. The Morgan fingerprint density at radius 3 is 2.56 bits per heavy atom. The summed E-state index contributed by atoms with van der Waals surface area (Å²) in [4.78, 5) is 4.96. The molecule has 2 aromatic carbocycles. The molecule has 0 spiro atoms. The van der Waals surface area contributed by atoms with E-state index in [0.29, 0.717) is 0 Å². The number of nitrogens with zero attached hydrogens (tertiary/aromatic N) is 2. The van der Waals surface area contributed by atoms with Gasteiger partial charge in [-0.3, -0.25) is 0 Å². The number of unbranched alkanes of at least 4 members (excludes halogenated alkanes) is 3. The van der Waals surface area contributed by atoms with E-state index in [2.05, 4.69) is 57.7 Å². The first-order valence-electron chi connectivity index (χ1n) is 11.2. The van der Waals surface area contributed by atoms with Crippen LogP contribution in [0.5, 0.6) is 11.5 Å². The molecule has 2 heterocycles. The Balaban J connectivity index is 1.62. The average molecular weight is 493 g/mol. The monoisotopic (exact) mass is 492 g/mol. The van der Waals surface area contributed by atoms with Gasteiger partial charge in [0.25, 0.3) is 0 Å². The third kappa shape index (κ3) is 5.33. The highest BCUT2D eigenvalue weighted by atomic mass is 79.9. The van der Waals surface area contributed by atoms with Crippen LogP contribution in [-0.4, -0.2) is 23.1 Å². The van der Waals surface area contributed by atoms with Gasteiger partial charge in [-0.1, -0.05) is 38.3 Å². The summed E-state index contributed by atoms with van der Waals surface area (Å²) in [6.07, 6.45) is 7.65. The normalized spacial score (nSPS) is 11.1. The van der Waals surface area contributed by atoms with Gasteiger partial charge in [0.2, 0.25) is 0 Å². The van der Waals surface area contributed by atoms with Crippen LogP contribution in [0.15, 0.2) is 71.3 Å². The number of hydrogen-bond donors (Lipinski definition) is 0. The van der Waals surface area contributed by atoms with Crippen molar-refractivity contribution < 1.29 is 9.47 Å². The van der Waals surface area contributed by atoms with Crippen molar-refractivity contribution >= 4 is 21.6 Å². The first-order chi connectivity index (χ1) is 15.7. The van der Waals surface area contributed by atoms with Crippen molar-refractivity contribution in [2.45, 2.75) is 39.0 Å². The van der Waals surface area contributed by atoms with Gasteiger partial charge in [-0.2, -0.15) is 0 Å². The Morgan fingerprint density at radius 2 is 1.78 bits per heavy atom. The van der Waals surface area contributed by atoms with Gasteiger partial charge in [0, 0.05) is 22.7 Å². The molecule has 4 aromatic rings. The molecule has 0 bridgehead atoms. The molecule has 2 aromatic heterocycles. The largest absolute Gasteiger partial charge is 0.497 e. The number of rotatable bonds is 10. The number of pyridine rings is 1. The van der Waals surface area contributed by atoms with Gasteiger partial charge in [0.15, 0.2) is 0 Å². The van der Waals surface area contributed by atoms with Crippen molar-refractivity contribution in [1.29, 1.82) is 0 Å². The molecule has 0 aliphatic heterocycles. The minimum Gasteiger partial charge on any atom is -0.497 e. The summed E-state index contributed by atoms with van der Waals surface area (Å²) < 4.78 is 14.5. The summed E-state index contributed by atoms with van der Waals surface area (Å²) in [5, 5.41) is 0. The van der Waals surface area contributed by atoms with Gasteiger partial charge < -0.3 is 13.9 Å². The second-order valence-electron chi connectivity index (χ2n) is 7.94. The first-order valence-corrected chi connectivity index (χ1v) is 12.0. The molecule has 32 heavy (non-hydrogen) atoms. The molecule has 0 saturated heterocycles. The highest BCUT2D eigenvalue weighted by Crippen LogP contribution is 2.30. The second kappa shape index (κ2) is 10.7. The molecule has 0 aliphatic rings. The van der Waals surface area contributed by atoms with Crippen LogP contribution in [0.3, 0.4) is 0 Å². The summed E-state index contributed by atoms with van der Waals surface area (Å²) in [6.45, 7) is 2.99. The zero-order valence-electron chi connectivity index (χ0n) is 18.7. The molecular formula is C27H29BrN2O2. The molecule has 0 saturated carbocycles. The van der Waals surface area contributed by atoms with Gasteiger partial charge in [0.05, 0.1) is 25.1 Å². The molecule has 0 aliphatic carbocycles. The summed E-state index contributed by atoms with van der Waals surface area (Å²) >= 11 is 3.60. The number of hydrogen-bond acceptors (Lipinski definition) is 3. The predicted octanol–water partition coefficient (Wildman–Crippen LogP) is 7.32. The van der Waals surface area contributed by atoms with Gasteiger partial charge >= 0.3 is 0 Å². The van der Waals surface area contributed by atoms with Crippen LogP contribution in [0.25, 0.3) is 16.9 Å². The molecule has 0 N–H and O–H groups in total. The van der Waals surface area contributed by atoms with Crippen LogP contribution >= 0.6 is 15.9 Å². The second-order valence-corrected chi connectivity index (χ2v) is 8.86. The Bertz CT molecular complexity index is 1170. The lowest BCUT2D eigenvalue weighted by Crippen LogP contribution is -1.98.